The van der Waals surface area contributed by atoms with E-state index in [0.717, 1.165) is 0 Å². The standard InChI is InChI=1S/C23H26N2O6/c1-24(2)11-12-25-21(17-14-16(29-3)8-10-19(17)30-4)20(22(27)23(25)28)18(26)9-7-15-6-5-13-31-15/h5-10,13-14,21,27H,11-12H2,1-4H3/b9-7+. The highest BCUT2D eigenvalue weighted by Crippen LogP contribution is 2.42. The van der Waals surface area contributed by atoms with Crippen molar-refractivity contribution in [2.24, 2.45) is 0 Å². The summed E-state index contributed by atoms with van der Waals surface area (Å²) >= 11 is 0. The highest BCUT2D eigenvalue weighted by molar-refractivity contribution is 6.14. The number of aliphatic hydroxyl groups is 1. The molecule has 0 saturated carbocycles. The molecule has 1 aliphatic rings. The fraction of sp³-hybridized carbons (Fsp3) is 0.304. The number of ether oxygens (including phenoxy) is 2. The van der Waals surface area contributed by atoms with Gasteiger partial charge in [0.1, 0.15) is 17.3 Å². The Kier molecular flexibility index (Phi) is 6.81. The van der Waals surface area contributed by atoms with Crippen LogP contribution in [0.15, 0.2) is 58.4 Å². The first-order valence-electron chi connectivity index (χ1n) is 9.74. The first-order valence-corrected chi connectivity index (χ1v) is 9.74. The third-order valence-electron chi connectivity index (χ3n) is 5.03. The van der Waals surface area contributed by atoms with E-state index in [9.17, 15) is 14.7 Å². The van der Waals surface area contributed by atoms with E-state index in [0.29, 0.717) is 35.9 Å². The normalized spacial score (nSPS) is 16.6. The van der Waals surface area contributed by atoms with Crippen molar-refractivity contribution in [3.8, 4) is 11.5 Å². The lowest BCUT2D eigenvalue weighted by molar-refractivity contribution is -0.129. The van der Waals surface area contributed by atoms with E-state index in [1.165, 1.54) is 37.5 Å². The minimum atomic E-state index is -0.828. The second-order valence-corrected chi connectivity index (χ2v) is 7.29. The number of nitrogens with zero attached hydrogens (tertiary/aromatic N) is 2. The van der Waals surface area contributed by atoms with Gasteiger partial charge in [0.15, 0.2) is 11.5 Å². The summed E-state index contributed by atoms with van der Waals surface area (Å²) in [4.78, 5) is 29.4. The molecule has 0 fully saturated rings. The lowest BCUT2D eigenvalue weighted by Gasteiger charge is -2.29. The molecule has 8 heteroatoms. The van der Waals surface area contributed by atoms with Crippen LogP contribution in [0, 0.1) is 0 Å². The number of carbonyl (C=O) groups excluding carboxylic acids is 2. The van der Waals surface area contributed by atoms with Crippen LogP contribution < -0.4 is 9.47 Å². The fourth-order valence-electron chi connectivity index (χ4n) is 3.45. The maximum Gasteiger partial charge on any atom is 0.290 e. The third kappa shape index (κ3) is 4.64. The summed E-state index contributed by atoms with van der Waals surface area (Å²) < 4.78 is 16.1. The van der Waals surface area contributed by atoms with E-state index in [2.05, 4.69) is 0 Å². The van der Waals surface area contributed by atoms with Gasteiger partial charge in [-0.05, 0) is 56.6 Å². The van der Waals surface area contributed by atoms with Gasteiger partial charge in [-0.15, -0.1) is 0 Å². The van der Waals surface area contributed by atoms with Crippen molar-refractivity contribution in [3.05, 3.63) is 65.3 Å². The molecule has 31 heavy (non-hydrogen) atoms. The molecule has 1 N–H and O–H groups in total. The molecule has 8 nitrogen and oxygen atoms in total. The number of amides is 1. The molecule has 1 aromatic heterocycles. The molecule has 2 aromatic rings. The molecule has 1 unspecified atom stereocenters. The Morgan fingerprint density at radius 1 is 1.26 bits per heavy atom. The molecule has 0 saturated heterocycles. The van der Waals surface area contributed by atoms with Gasteiger partial charge in [-0.25, -0.2) is 0 Å². The molecule has 0 bridgehead atoms. The van der Waals surface area contributed by atoms with Gasteiger partial charge in [-0.3, -0.25) is 9.59 Å². The largest absolute Gasteiger partial charge is 0.503 e. The van der Waals surface area contributed by atoms with Gasteiger partial charge >= 0.3 is 0 Å². The van der Waals surface area contributed by atoms with E-state index in [1.54, 1.807) is 30.3 Å². The van der Waals surface area contributed by atoms with Crippen LogP contribution in [0.2, 0.25) is 0 Å². The summed E-state index contributed by atoms with van der Waals surface area (Å²) in [5, 5.41) is 10.7. The van der Waals surface area contributed by atoms with E-state index in [1.807, 2.05) is 19.0 Å². The van der Waals surface area contributed by atoms with Crippen molar-refractivity contribution in [2.45, 2.75) is 6.04 Å². The molecule has 1 aromatic carbocycles. The summed E-state index contributed by atoms with van der Waals surface area (Å²) in [7, 11) is 6.80. The van der Waals surface area contributed by atoms with Crippen LogP contribution >= 0.6 is 0 Å². The van der Waals surface area contributed by atoms with Crippen LogP contribution in [-0.2, 0) is 9.59 Å². The zero-order valence-electron chi connectivity index (χ0n) is 18.0. The van der Waals surface area contributed by atoms with E-state index >= 15 is 0 Å². The van der Waals surface area contributed by atoms with Crippen molar-refractivity contribution >= 4 is 17.8 Å². The van der Waals surface area contributed by atoms with Crippen molar-refractivity contribution in [3.63, 3.8) is 0 Å². The van der Waals surface area contributed by atoms with Crippen LogP contribution in [0.1, 0.15) is 17.4 Å². The van der Waals surface area contributed by atoms with Gasteiger partial charge in [0.2, 0.25) is 0 Å². The van der Waals surface area contributed by atoms with Gasteiger partial charge in [0.25, 0.3) is 5.91 Å². The predicted octanol–water partition coefficient (Wildman–Crippen LogP) is 2.84. The van der Waals surface area contributed by atoms with E-state index in [4.69, 9.17) is 13.9 Å². The quantitative estimate of drug-likeness (QED) is 0.617. The topological polar surface area (TPSA) is 92.4 Å². The molecular formula is C23H26N2O6. The summed E-state index contributed by atoms with van der Waals surface area (Å²) in [5.74, 6) is -0.167. The molecule has 2 heterocycles. The highest BCUT2D eigenvalue weighted by atomic mass is 16.5. The molecular weight excluding hydrogens is 400 g/mol. The summed E-state index contributed by atoms with van der Waals surface area (Å²) in [6.07, 6.45) is 4.27. The minimum absolute atomic E-state index is 0.0156. The second-order valence-electron chi connectivity index (χ2n) is 7.29. The number of benzene rings is 1. The Morgan fingerprint density at radius 3 is 2.65 bits per heavy atom. The molecule has 0 spiro atoms. The van der Waals surface area contributed by atoms with Crippen LogP contribution in [0.3, 0.4) is 0 Å². The molecule has 1 amide bonds. The lowest BCUT2D eigenvalue weighted by atomic mass is 9.94. The monoisotopic (exact) mass is 426 g/mol. The SMILES string of the molecule is COc1ccc(OC)c(C2C(C(=O)/C=C/c3ccco3)=C(O)C(=O)N2CCN(C)C)c1. The molecule has 1 aliphatic heterocycles. The summed E-state index contributed by atoms with van der Waals surface area (Å²) in [5.41, 5.74) is 0.533. The minimum Gasteiger partial charge on any atom is -0.503 e. The number of methoxy groups -OCH3 is 2. The fourth-order valence-corrected chi connectivity index (χ4v) is 3.45. The van der Waals surface area contributed by atoms with Gasteiger partial charge in [-0.2, -0.15) is 0 Å². The Balaban J connectivity index is 2.08. The number of rotatable bonds is 9. The maximum atomic E-state index is 13.1. The first-order chi connectivity index (χ1) is 14.9. The van der Waals surface area contributed by atoms with Gasteiger partial charge in [0.05, 0.1) is 32.1 Å². The maximum absolute atomic E-state index is 13.1. The van der Waals surface area contributed by atoms with Crippen molar-refractivity contribution in [1.82, 2.24) is 9.80 Å². The zero-order valence-corrected chi connectivity index (χ0v) is 18.0. The number of ketones is 1. The average Bonchev–Trinajstić information content (AvgIpc) is 3.37. The van der Waals surface area contributed by atoms with E-state index < -0.39 is 23.5 Å². The van der Waals surface area contributed by atoms with Gasteiger partial charge in [0, 0.05) is 18.7 Å². The van der Waals surface area contributed by atoms with Crippen molar-refractivity contribution in [2.75, 3.05) is 41.4 Å². The number of furan rings is 1. The molecule has 0 aliphatic carbocycles. The highest BCUT2D eigenvalue weighted by Gasteiger charge is 2.44. The predicted molar refractivity (Wildman–Crippen MR) is 115 cm³/mol. The smallest absolute Gasteiger partial charge is 0.290 e. The number of aliphatic hydroxyl groups excluding tert-OH is 1. The average molecular weight is 426 g/mol. The molecule has 1 atom stereocenters. The number of likely N-dealkylation sites (N-methyl/N-ethyl adjacent to an activating group) is 1. The Labute approximate surface area is 181 Å². The van der Waals surface area contributed by atoms with Crippen LogP contribution in [0.5, 0.6) is 11.5 Å². The Bertz CT molecular complexity index is 1010. The number of carbonyl (C=O) groups is 2. The Morgan fingerprint density at radius 2 is 2.03 bits per heavy atom. The number of allylic oxidation sites excluding steroid dienone is 1. The molecule has 3 rings (SSSR count). The number of hydrogen-bond acceptors (Lipinski definition) is 7. The van der Waals surface area contributed by atoms with Crippen molar-refractivity contribution in [1.29, 1.82) is 0 Å². The number of hydrogen-bond donors (Lipinski definition) is 1. The van der Waals surface area contributed by atoms with Gasteiger partial charge < -0.3 is 28.8 Å². The van der Waals surface area contributed by atoms with Crippen LogP contribution in [0.25, 0.3) is 6.08 Å². The Hall–Kier alpha value is -3.52. The van der Waals surface area contributed by atoms with Crippen LogP contribution in [0.4, 0.5) is 0 Å². The summed E-state index contributed by atoms with van der Waals surface area (Å²) in [6, 6.07) is 7.72. The zero-order chi connectivity index (χ0) is 22.5. The van der Waals surface area contributed by atoms with E-state index in [-0.39, 0.29) is 5.57 Å². The van der Waals surface area contributed by atoms with Crippen molar-refractivity contribution < 1.29 is 28.6 Å². The van der Waals surface area contributed by atoms with Crippen LogP contribution in [-0.4, -0.2) is 68.0 Å². The molecule has 164 valence electrons. The van der Waals surface area contributed by atoms with Gasteiger partial charge in [-0.1, -0.05) is 0 Å². The summed E-state index contributed by atoms with van der Waals surface area (Å²) in [6.45, 7) is 0.852. The second kappa shape index (κ2) is 9.53. The first kappa shape index (κ1) is 22.2. The lowest BCUT2D eigenvalue weighted by Crippen LogP contribution is -2.36. The third-order valence-corrected chi connectivity index (χ3v) is 5.03. The molecule has 0 radical (unpaired) electrons.